The summed E-state index contributed by atoms with van der Waals surface area (Å²) < 4.78 is 46.3. The van der Waals surface area contributed by atoms with E-state index in [0.29, 0.717) is 11.2 Å². The quantitative estimate of drug-likeness (QED) is 0.573. The largest absolute Gasteiger partial charge is 0.416 e. The number of nitrogens with one attached hydrogen (secondary N) is 1. The Balaban J connectivity index is 2.09. The van der Waals surface area contributed by atoms with Gasteiger partial charge in [0.2, 0.25) is 0 Å². The molecule has 3 aromatic rings. The highest BCUT2D eigenvalue weighted by molar-refractivity contribution is 5.92. The number of carbonyl (C=O) groups excluding carboxylic acids is 1. The molecule has 1 amide bonds. The van der Waals surface area contributed by atoms with Crippen molar-refractivity contribution in [3.8, 4) is 0 Å². The monoisotopic (exact) mass is 451 g/mol. The zero-order valence-electron chi connectivity index (χ0n) is 18.1. The first kappa shape index (κ1) is 23.6. The molecule has 32 heavy (non-hydrogen) atoms. The highest BCUT2D eigenvalue weighted by Crippen LogP contribution is 2.34. The van der Waals surface area contributed by atoms with Crippen molar-refractivity contribution in [2.75, 3.05) is 13.7 Å². The Kier molecular flexibility index (Phi) is 6.51. The molecule has 172 valence electrons. The van der Waals surface area contributed by atoms with Gasteiger partial charge in [-0.3, -0.25) is 9.78 Å². The maximum absolute atomic E-state index is 13.2. The van der Waals surface area contributed by atoms with E-state index in [2.05, 4.69) is 20.3 Å². The first-order chi connectivity index (χ1) is 14.9. The van der Waals surface area contributed by atoms with Gasteiger partial charge in [-0.25, -0.2) is 9.97 Å². The van der Waals surface area contributed by atoms with Gasteiger partial charge < -0.3 is 19.7 Å². The summed E-state index contributed by atoms with van der Waals surface area (Å²) in [6.45, 7) is 5.16. The van der Waals surface area contributed by atoms with Gasteiger partial charge in [-0.05, 0) is 39.0 Å². The van der Waals surface area contributed by atoms with E-state index in [4.69, 9.17) is 4.74 Å². The number of amides is 1. The number of aryl methyl sites for hydroxylation is 1. The molecule has 2 heterocycles. The molecule has 1 atom stereocenters. The highest BCUT2D eigenvalue weighted by Gasteiger charge is 2.36. The van der Waals surface area contributed by atoms with Crippen LogP contribution >= 0.6 is 0 Å². The summed E-state index contributed by atoms with van der Waals surface area (Å²) in [5.41, 5.74) is -1.18. The minimum atomic E-state index is -4.53. The summed E-state index contributed by atoms with van der Waals surface area (Å²) in [5.74, 6) is -0.414. The fraction of sp³-hybridized carbons (Fsp3) is 0.429. The number of ether oxygens (including phenoxy) is 1. The Labute approximate surface area is 182 Å². The molecule has 1 aromatic carbocycles. The number of hydrogen-bond donors (Lipinski definition) is 2. The van der Waals surface area contributed by atoms with Gasteiger partial charge in [0.25, 0.3) is 5.91 Å². The van der Waals surface area contributed by atoms with Crippen LogP contribution in [0.1, 0.15) is 47.5 Å². The molecule has 0 unspecified atom stereocenters. The number of benzene rings is 1. The van der Waals surface area contributed by atoms with E-state index in [1.165, 1.54) is 39.4 Å². The van der Waals surface area contributed by atoms with Crippen LogP contribution in [0.25, 0.3) is 11.0 Å². The molecule has 11 heteroatoms. The number of imidazole rings is 1. The zero-order chi connectivity index (χ0) is 23.7. The second kappa shape index (κ2) is 8.83. The van der Waals surface area contributed by atoms with E-state index >= 15 is 0 Å². The molecule has 3 rings (SSSR count). The number of methoxy groups -OCH3 is 1. The molecule has 2 N–H and O–H groups in total. The second-order valence-electron chi connectivity index (χ2n) is 7.92. The molecule has 0 spiro atoms. The molecule has 0 radical (unpaired) electrons. The molecule has 0 saturated carbocycles. The lowest BCUT2D eigenvalue weighted by atomic mass is 9.97. The number of halogens is 3. The van der Waals surface area contributed by atoms with Crippen molar-refractivity contribution in [3.63, 3.8) is 0 Å². The molecular formula is C21H24F3N5O3. The minimum Gasteiger partial charge on any atom is -0.388 e. The number of carbonyl (C=O) groups is 1. The van der Waals surface area contributed by atoms with Crippen molar-refractivity contribution < 1.29 is 27.8 Å². The van der Waals surface area contributed by atoms with Crippen LogP contribution in [0.3, 0.4) is 0 Å². The average Bonchev–Trinajstić information content (AvgIpc) is 3.06. The van der Waals surface area contributed by atoms with Gasteiger partial charge in [-0.2, -0.15) is 13.2 Å². The summed E-state index contributed by atoms with van der Waals surface area (Å²) in [7, 11) is 1.49. The summed E-state index contributed by atoms with van der Waals surface area (Å²) in [5, 5.41) is 13.5. The Morgan fingerprint density at radius 2 is 1.97 bits per heavy atom. The van der Waals surface area contributed by atoms with Crippen LogP contribution in [-0.2, 0) is 17.5 Å². The van der Waals surface area contributed by atoms with Crippen molar-refractivity contribution in [2.24, 2.45) is 0 Å². The standard InChI is InChI=1S/C21H24F3N5O3/c1-12-10-26-15(11-25-12)19(30)28-17(20(2,3)31)18-27-14-9-13(21(22,23)24)5-6-16(14)29(18)7-8-32-4/h5-6,9-11,17,31H,7-8H2,1-4H3,(H,28,30)/t17-/m1/s1. The number of aromatic nitrogens is 4. The summed E-state index contributed by atoms with van der Waals surface area (Å²) in [6.07, 6.45) is -1.80. The number of fused-ring (bicyclic) bond motifs is 1. The lowest BCUT2D eigenvalue weighted by molar-refractivity contribution is -0.137. The zero-order valence-corrected chi connectivity index (χ0v) is 18.1. The van der Waals surface area contributed by atoms with Gasteiger partial charge in [-0.15, -0.1) is 0 Å². The van der Waals surface area contributed by atoms with Gasteiger partial charge >= 0.3 is 6.18 Å². The normalized spacial score (nSPS) is 13.4. The highest BCUT2D eigenvalue weighted by atomic mass is 19.4. The Morgan fingerprint density at radius 1 is 1.25 bits per heavy atom. The van der Waals surface area contributed by atoms with Crippen LogP contribution in [-0.4, -0.2) is 49.9 Å². The molecule has 0 bridgehead atoms. The summed E-state index contributed by atoms with van der Waals surface area (Å²) in [4.78, 5) is 25.2. The van der Waals surface area contributed by atoms with E-state index in [-0.39, 0.29) is 30.2 Å². The van der Waals surface area contributed by atoms with E-state index in [9.17, 15) is 23.1 Å². The predicted octanol–water partition coefficient (Wildman–Crippen LogP) is 3.04. The molecule has 0 aliphatic rings. The molecule has 0 saturated heterocycles. The van der Waals surface area contributed by atoms with Crippen LogP contribution < -0.4 is 5.32 Å². The number of alkyl halides is 3. The fourth-order valence-electron chi connectivity index (χ4n) is 3.23. The van der Waals surface area contributed by atoms with Gasteiger partial charge in [0.15, 0.2) is 0 Å². The lowest BCUT2D eigenvalue weighted by Gasteiger charge is -2.30. The maximum atomic E-state index is 13.2. The third-order valence-electron chi connectivity index (χ3n) is 4.88. The predicted molar refractivity (Wildman–Crippen MR) is 110 cm³/mol. The van der Waals surface area contributed by atoms with Crippen LogP contribution in [0, 0.1) is 6.92 Å². The summed E-state index contributed by atoms with van der Waals surface area (Å²) >= 11 is 0. The van der Waals surface area contributed by atoms with Crippen molar-refractivity contribution in [2.45, 2.75) is 45.1 Å². The van der Waals surface area contributed by atoms with Crippen LogP contribution in [0.5, 0.6) is 0 Å². The Morgan fingerprint density at radius 3 is 2.53 bits per heavy atom. The number of hydrogen-bond acceptors (Lipinski definition) is 6. The maximum Gasteiger partial charge on any atom is 0.416 e. The van der Waals surface area contributed by atoms with E-state index < -0.39 is 29.3 Å². The topological polar surface area (TPSA) is 102 Å². The van der Waals surface area contributed by atoms with Crippen molar-refractivity contribution in [1.29, 1.82) is 0 Å². The first-order valence-corrected chi connectivity index (χ1v) is 9.80. The SMILES string of the molecule is COCCn1c([C@@H](NC(=O)c2cnc(C)cn2)C(C)(C)O)nc2cc(C(F)(F)F)ccc21. The van der Waals surface area contributed by atoms with E-state index in [0.717, 1.165) is 12.1 Å². The molecule has 0 aliphatic carbocycles. The van der Waals surface area contributed by atoms with Gasteiger partial charge in [0, 0.05) is 19.9 Å². The molecular weight excluding hydrogens is 427 g/mol. The lowest BCUT2D eigenvalue weighted by Crippen LogP contribution is -2.44. The third kappa shape index (κ3) is 5.05. The third-order valence-corrected chi connectivity index (χ3v) is 4.88. The van der Waals surface area contributed by atoms with E-state index in [1.807, 2.05) is 0 Å². The van der Waals surface area contributed by atoms with Crippen molar-refractivity contribution in [1.82, 2.24) is 24.8 Å². The van der Waals surface area contributed by atoms with Crippen molar-refractivity contribution >= 4 is 16.9 Å². The fourth-order valence-corrected chi connectivity index (χ4v) is 3.23. The molecule has 0 fully saturated rings. The smallest absolute Gasteiger partial charge is 0.388 e. The van der Waals surface area contributed by atoms with Crippen LogP contribution in [0.2, 0.25) is 0 Å². The number of rotatable bonds is 7. The average molecular weight is 451 g/mol. The van der Waals surface area contributed by atoms with Gasteiger partial charge in [0.05, 0.1) is 40.7 Å². The second-order valence-corrected chi connectivity index (χ2v) is 7.92. The Bertz CT molecular complexity index is 1100. The summed E-state index contributed by atoms with van der Waals surface area (Å²) in [6, 6.07) is 2.17. The van der Waals surface area contributed by atoms with Gasteiger partial charge in [0.1, 0.15) is 17.6 Å². The molecule has 0 aliphatic heterocycles. The minimum absolute atomic E-state index is 0.0313. The first-order valence-electron chi connectivity index (χ1n) is 9.80. The van der Waals surface area contributed by atoms with Crippen molar-refractivity contribution in [3.05, 3.63) is 53.4 Å². The Hall–Kier alpha value is -3.05. The number of aliphatic hydroxyl groups is 1. The molecule has 2 aromatic heterocycles. The van der Waals surface area contributed by atoms with Crippen LogP contribution in [0.15, 0.2) is 30.6 Å². The molecule has 8 nitrogen and oxygen atoms in total. The van der Waals surface area contributed by atoms with Crippen LogP contribution in [0.4, 0.5) is 13.2 Å². The number of nitrogens with zero attached hydrogens (tertiary/aromatic N) is 4. The van der Waals surface area contributed by atoms with E-state index in [1.54, 1.807) is 11.5 Å². The van der Waals surface area contributed by atoms with Gasteiger partial charge in [-0.1, -0.05) is 0 Å².